The Kier molecular flexibility index (Phi) is 3.58. The number of hydrogen-bond acceptors (Lipinski definition) is 3. The minimum atomic E-state index is 0.561. The fraction of sp³-hybridized carbons (Fsp3) is 0.786. The monoisotopic (exact) mass is 282 g/mol. The molecule has 0 aromatic carbocycles. The van der Waals surface area contributed by atoms with Gasteiger partial charge < -0.3 is 5.32 Å². The van der Waals surface area contributed by atoms with E-state index in [9.17, 15) is 0 Å². The first-order valence-electron chi connectivity index (χ1n) is 7.21. The zero-order valence-corrected chi connectivity index (χ0v) is 12.7. The van der Waals surface area contributed by atoms with Crippen LogP contribution >= 0.6 is 11.6 Å². The van der Waals surface area contributed by atoms with Gasteiger partial charge in [0.15, 0.2) is 0 Å². The van der Waals surface area contributed by atoms with E-state index >= 15 is 0 Å². The molecule has 1 saturated heterocycles. The number of aromatic nitrogens is 2. The van der Waals surface area contributed by atoms with Gasteiger partial charge in [-0.3, -0.25) is 9.58 Å². The van der Waals surface area contributed by atoms with E-state index in [0.717, 1.165) is 36.4 Å². The van der Waals surface area contributed by atoms with E-state index < -0.39 is 0 Å². The van der Waals surface area contributed by atoms with Crippen molar-refractivity contribution in [2.45, 2.75) is 45.3 Å². The summed E-state index contributed by atoms with van der Waals surface area (Å²) in [5.74, 6) is 0.903. The fourth-order valence-corrected chi connectivity index (χ4v) is 3.27. The summed E-state index contributed by atoms with van der Waals surface area (Å²) in [7, 11) is 1.91. The number of nitrogens with zero attached hydrogens (tertiary/aromatic N) is 3. The van der Waals surface area contributed by atoms with Crippen molar-refractivity contribution in [3.8, 4) is 0 Å². The van der Waals surface area contributed by atoms with Gasteiger partial charge in [0.25, 0.3) is 0 Å². The lowest BCUT2D eigenvalue weighted by Gasteiger charge is -2.39. The minimum absolute atomic E-state index is 0.561. The molecule has 1 aliphatic heterocycles. The molecule has 4 nitrogen and oxygen atoms in total. The van der Waals surface area contributed by atoms with E-state index in [1.807, 2.05) is 14.0 Å². The zero-order chi connectivity index (χ0) is 13.6. The van der Waals surface area contributed by atoms with Crippen LogP contribution in [0.5, 0.6) is 0 Å². The molecule has 2 heterocycles. The zero-order valence-electron chi connectivity index (χ0n) is 12.0. The standard InChI is InChI=1S/C14H23ClN4/c1-9-6-16-13(11-4-5-11)8-19(9)7-12-10(2)17-18(3)14(12)15/h9,11,13,16H,4-8H2,1-3H3. The molecular formula is C14H23ClN4. The highest BCUT2D eigenvalue weighted by Crippen LogP contribution is 2.34. The van der Waals surface area contributed by atoms with Gasteiger partial charge in [-0.25, -0.2) is 0 Å². The highest BCUT2D eigenvalue weighted by atomic mass is 35.5. The van der Waals surface area contributed by atoms with Gasteiger partial charge in [0.2, 0.25) is 0 Å². The van der Waals surface area contributed by atoms with Crippen molar-refractivity contribution in [2.75, 3.05) is 13.1 Å². The molecule has 2 aliphatic rings. The predicted octanol–water partition coefficient (Wildman–Crippen LogP) is 1.95. The van der Waals surface area contributed by atoms with Gasteiger partial charge in [0, 0.05) is 44.3 Å². The summed E-state index contributed by atoms with van der Waals surface area (Å²) in [6.45, 7) is 7.47. The summed E-state index contributed by atoms with van der Waals surface area (Å²) in [4.78, 5) is 2.55. The number of aryl methyl sites for hydroxylation is 2. The lowest BCUT2D eigenvalue weighted by Crippen LogP contribution is -2.55. The van der Waals surface area contributed by atoms with Crippen molar-refractivity contribution in [3.63, 3.8) is 0 Å². The van der Waals surface area contributed by atoms with E-state index in [1.165, 1.54) is 18.4 Å². The third kappa shape index (κ3) is 2.67. The Hall–Kier alpha value is -0.580. The van der Waals surface area contributed by atoms with E-state index in [-0.39, 0.29) is 0 Å². The molecule has 0 bridgehead atoms. The van der Waals surface area contributed by atoms with Gasteiger partial charge in [0.1, 0.15) is 5.15 Å². The molecule has 106 valence electrons. The smallest absolute Gasteiger partial charge is 0.131 e. The average molecular weight is 283 g/mol. The summed E-state index contributed by atoms with van der Waals surface area (Å²) < 4.78 is 1.78. The maximum absolute atomic E-state index is 6.35. The van der Waals surface area contributed by atoms with Crippen molar-refractivity contribution in [1.29, 1.82) is 0 Å². The molecule has 3 rings (SSSR count). The third-order valence-electron chi connectivity index (χ3n) is 4.55. The summed E-state index contributed by atoms with van der Waals surface area (Å²) in [6, 6.07) is 1.23. The Labute approximate surface area is 120 Å². The van der Waals surface area contributed by atoms with Crippen LogP contribution in [0.3, 0.4) is 0 Å². The second-order valence-electron chi connectivity index (χ2n) is 6.11. The van der Waals surface area contributed by atoms with Crippen LogP contribution in [0.25, 0.3) is 0 Å². The molecule has 0 radical (unpaired) electrons. The molecule has 1 N–H and O–H groups in total. The molecule has 1 aliphatic carbocycles. The van der Waals surface area contributed by atoms with Crippen molar-refractivity contribution < 1.29 is 0 Å². The van der Waals surface area contributed by atoms with E-state index in [2.05, 4.69) is 22.2 Å². The number of hydrogen-bond donors (Lipinski definition) is 1. The van der Waals surface area contributed by atoms with Crippen LogP contribution in [-0.2, 0) is 13.6 Å². The van der Waals surface area contributed by atoms with Crippen LogP contribution in [0.15, 0.2) is 0 Å². The molecule has 1 aromatic rings. The lowest BCUT2D eigenvalue weighted by atomic mass is 10.1. The first-order valence-corrected chi connectivity index (χ1v) is 7.59. The van der Waals surface area contributed by atoms with Gasteiger partial charge in [-0.1, -0.05) is 11.6 Å². The van der Waals surface area contributed by atoms with Crippen molar-refractivity contribution in [2.24, 2.45) is 13.0 Å². The highest BCUT2D eigenvalue weighted by Gasteiger charge is 2.36. The molecule has 19 heavy (non-hydrogen) atoms. The first-order chi connectivity index (χ1) is 9.06. The third-order valence-corrected chi connectivity index (χ3v) is 5.02. The summed E-state index contributed by atoms with van der Waals surface area (Å²) in [6.07, 6.45) is 2.79. The SMILES string of the molecule is Cc1nn(C)c(Cl)c1CN1CC(C2CC2)NCC1C. The predicted molar refractivity (Wildman–Crippen MR) is 77.3 cm³/mol. The number of rotatable bonds is 3. The van der Waals surface area contributed by atoms with Gasteiger partial charge in [-0.15, -0.1) is 0 Å². The normalized spacial score (nSPS) is 28.8. The molecule has 5 heteroatoms. The van der Waals surface area contributed by atoms with E-state index in [0.29, 0.717) is 12.1 Å². The Morgan fingerprint density at radius 3 is 2.74 bits per heavy atom. The van der Waals surface area contributed by atoms with Crippen LogP contribution in [0.4, 0.5) is 0 Å². The van der Waals surface area contributed by atoms with Crippen LogP contribution in [0.1, 0.15) is 31.0 Å². The van der Waals surface area contributed by atoms with Gasteiger partial charge in [-0.05, 0) is 32.6 Å². The Morgan fingerprint density at radius 2 is 2.16 bits per heavy atom. The van der Waals surface area contributed by atoms with Crippen molar-refractivity contribution in [3.05, 3.63) is 16.4 Å². The lowest BCUT2D eigenvalue weighted by molar-refractivity contribution is 0.125. The summed E-state index contributed by atoms with van der Waals surface area (Å²) in [5.41, 5.74) is 2.24. The van der Waals surface area contributed by atoms with Crippen LogP contribution < -0.4 is 5.32 Å². The summed E-state index contributed by atoms with van der Waals surface area (Å²) >= 11 is 6.35. The average Bonchev–Trinajstić information content (AvgIpc) is 3.17. The summed E-state index contributed by atoms with van der Waals surface area (Å²) in [5, 5.41) is 8.88. The van der Waals surface area contributed by atoms with E-state index in [1.54, 1.807) is 4.68 Å². The molecule has 1 saturated carbocycles. The molecule has 1 aromatic heterocycles. The van der Waals surface area contributed by atoms with Gasteiger partial charge >= 0.3 is 0 Å². The topological polar surface area (TPSA) is 33.1 Å². The molecular weight excluding hydrogens is 260 g/mol. The largest absolute Gasteiger partial charge is 0.311 e. The fourth-order valence-electron chi connectivity index (χ4n) is 3.04. The molecule has 2 atom stereocenters. The highest BCUT2D eigenvalue weighted by molar-refractivity contribution is 6.30. The maximum Gasteiger partial charge on any atom is 0.131 e. The molecule has 0 spiro atoms. The number of halogens is 1. The molecule has 2 fully saturated rings. The van der Waals surface area contributed by atoms with E-state index in [4.69, 9.17) is 11.6 Å². The Balaban J connectivity index is 1.73. The van der Waals surface area contributed by atoms with Gasteiger partial charge in [0.05, 0.1) is 5.69 Å². The second-order valence-corrected chi connectivity index (χ2v) is 6.47. The number of piperazine rings is 1. The van der Waals surface area contributed by atoms with Crippen molar-refractivity contribution >= 4 is 11.6 Å². The van der Waals surface area contributed by atoms with Gasteiger partial charge in [-0.2, -0.15) is 5.10 Å². The Bertz CT molecular complexity index is 466. The van der Waals surface area contributed by atoms with Crippen LogP contribution in [-0.4, -0.2) is 39.9 Å². The number of nitrogens with one attached hydrogen (secondary N) is 1. The van der Waals surface area contributed by atoms with Crippen LogP contribution in [0, 0.1) is 12.8 Å². The minimum Gasteiger partial charge on any atom is -0.311 e. The quantitative estimate of drug-likeness (QED) is 0.920. The van der Waals surface area contributed by atoms with Crippen LogP contribution in [0.2, 0.25) is 5.15 Å². The molecule has 0 amide bonds. The first kappa shape index (κ1) is 13.4. The Morgan fingerprint density at radius 1 is 1.42 bits per heavy atom. The maximum atomic E-state index is 6.35. The van der Waals surface area contributed by atoms with Crippen molar-refractivity contribution in [1.82, 2.24) is 20.0 Å². The molecule has 2 unspecified atom stereocenters. The second kappa shape index (κ2) is 5.08.